The molecule has 0 aliphatic carbocycles. The van der Waals surface area contributed by atoms with Crippen molar-refractivity contribution >= 4 is 6.09 Å². The van der Waals surface area contributed by atoms with Crippen LogP contribution in [0.2, 0.25) is 0 Å². The van der Waals surface area contributed by atoms with Gasteiger partial charge in [0.15, 0.2) is 0 Å². The van der Waals surface area contributed by atoms with E-state index < -0.39 is 5.60 Å². The number of hydrogen-bond acceptors (Lipinski definition) is 3. The third kappa shape index (κ3) is 4.82. The standard InChI is InChI=1S/C9H17NO3.Ar/c1-9(2,3)13-8(12)10-5-4-7(11)6-10;/h7,11H,4-6H2,1-3H3;/t7-;/m1./s1. The van der Waals surface area contributed by atoms with Gasteiger partial charge in [-0.05, 0) is 27.2 Å². The van der Waals surface area contributed by atoms with Crippen LogP contribution in [0.15, 0.2) is 0 Å². The van der Waals surface area contributed by atoms with E-state index >= 15 is 0 Å². The largest absolute Gasteiger partial charge is 0.444 e. The Morgan fingerprint density at radius 2 is 2.07 bits per heavy atom. The van der Waals surface area contributed by atoms with Gasteiger partial charge in [0.25, 0.3) is 0 Å². The van der Waals surface area contributed by atoms with Crippen molar-refractivity contribution in [3.05, 3.63) is 0 Å². The van der Waals surface area contributed by atoms with Gasteiger partial charge in [-0.15, -0.1) is 0 Å². The molecule has 4 nitrogen and oxygen atoms in total. The summed E-state index contributed by atoms with van der Waals surface area (Å²) in [5, 5.41) is 9.20. The number of likely N-dealkylation sites (tertiary alicyclic amines) is 1. The monoisotopic (exact) mass is 227 g/mol. The van der Waals surface area contributed by atoms with Crippen LogP contribution in [-0.4, -0.2) is 40.9 Å². The smallest absolute Gasteiger partial charge is 0.410 e. The molecule has 1 saturated heterocycles. The van der Waals surface area contributed by atoms with E-state index in [9.17, 15) is 9.90 Å². The molecule has 0 saturated carbocycles. The quantitative estimate of drug-likeness (QED) is 0.671. The van der Waals surface area contributed by atoms with E-state index in [1.165, 1.54) is 4.90 Å². The molecule has 84 valence electrons. The first-order chi connectivity index (χ1) is 5.88. The second-order valence-corrected chi connectivity index (χ2v) is 4.37. The van der Waals surface area contributed by atoms with Crippen molar-refractivity contribution in [2.24, 2.45) is 0 Å². The van der Waals surface area contributed by atoms with Gasteiger partial charge in [-0.25, -0.2) is 4.79 Å². The Morgan fingerprint density at radius 3 is 2.43 bits per heavy atom. The average Bonchev–Trinajstić information content (AvgIpc) is 2.31. The maximum atomic E-state index is 11.4. The van der Waals surface area contributed by atoms with Crippen LogP contribution in [0.1, 0.15) is 27.2 Å². The van der Waals surface area contributed by atoms with Crippen LogP contribution in [-0.2, 0) is 4.74 Å². The molecule has 0 spiro atoms. The van der Waals surface area contributed by atoms with Crippen LogP contribution in [0.3, 0.4) is 0 Å². The molecule has 1 N–H and O–H groups in total. The summed E-state index contributed by atoms with van der Waals surface area (Å²) in [7, 11) is 0. The molecule has 1 amide bonds. The van der Waals surface area contributed by atoms with Gasteiger partial charge in [-0.3, -0.25) is 0 Å². The first kappa shape index (κ1) is 14.5. The van der Waals surface area contributed by atoms with Crippen molar-refractivity contribution in [3.8, 4) is 0 Å². The summed E-state index contributed by atoms with van der Waals surface area (Å²) in [5.74, 6) is 0. The van der Waals surface area contributed by atoms with Crippen LogP contribution in [0.5, 0.6) is 0 Å². The third-order valence-corrected chi connectivity index (χ3v) is 1.82. The number of ether oxygens (including phenoxy) is 1. The molecule has 0 aromatic heterocycles. The van der Waals surface area contributed by atoms with E-state index in [4.69, 9.17) is 4.74 Å². The molecule has 1 heterocycles. The topological polar surface area (TPSA) is 49.8 Å². The van der Waals surface area contributed by atoms with E-state index in [0.29, 0.717) is 19.5 Å². The van der Waals surface area contributed by atoms with Crippen molar-refractivity contribution < 1.29 is 52.4 Å². The fourth-order valence-electron chi connectivity index (χ4n) is 1.23. The fourth-order valence-corrected chi connectivity index (χ4v) is 1.23. The number of hydrogen-bond donors (Lipinski definition) is 1. The number of aliphatic hydroxyl groups is 1. The molecule has 0 bridgehead atoms. The summed E-state index contributed by atoms with van der Waals surface area (Å²) in [6, 6.07) is 0. The molecule has 1 aliphatic rings. The van der Waals surface area contributed by atoms with E-state index in [2.05, 4.69) is 0 Å². The molecule has 0 radical (unpaired) electrons. The van der Waals surface area contributed by atoms with Crippen molar-refractivity contribution in [2.75, 3.05) is 13.1 Å². The van der Waals surface area contributed by atoms with E-state index in [-0.39, 0.29) is 49.9 Å². The molecule has 1 atom stereocenters. The molecule has 5 heteroatoms. The van der Waals surface area contributed by atoms with Crippen molar-refractivity contribution in [1.82, 2.24) is 4.90 Å². The van der Waals surface area contributed by atoms with Gasteiger partial charge >= 0.3 is 6.09 Å². The zero-order valence-corrected chi connectivity index (χ0v) is 9.47. The Kier molecular flexibility index (Phi) is 5.73. The Morgan fingerprint density at radius 1 is 1.50 bits per heavy atom. The minimum atomic E-state index is -0.454. The molecular weight excluding hydrogens is 210 g/mol. The average molecular weight is 227 g/mol. The number of rotatable bonds is 0. The van der Waals surface area contributed by atoms with Crippen molar-refractivity contribution in [1.29, 1.82) is 0 Å². The van der Waals surface area contributed by atoms with Gasteiger partial charge in [0.1, 0.15) is 5.60 Å². The van der Waals surface area contributed by atoms with Gasteiger partial charge < -0.3 is 14.7 Å². The predicted molar refractivity (Wildman–Crippen MR) is 48.4 cm³/mol. The minimum absolute atomic E-state index is 0. The summed E-state index contributed by atoms with van der Waals surface area (Å²) in [6.45, 7) is 6.48. The molecule has 0 aromatic rings. The number of aliphatic hydroxyl groups excluding tert-OH is 1. The third-order valence-electron chi connectivity index (χ3n) is 1.82. The first-order valence-electron chi connectivity index (χ1n) is 4.54. The van der Waals surface area contributed by atoms with E-state index in [1.54, 1.807) is 0 Å². The molecule has 1 aliphatic heterocycles. The molecule has 14 heavy (non-hydrogen) atoms. The number of amides is 1. The summed E-state index contributed by atoms with van der Waals surface area (Å²) in [6.07, 6.45) is -0.0595. The summed E-state index contributed by atoms with van der Waals surface area (Å²) in [4.78, 5) is 12.9. The zero-order chi connectivity index (χ0) is 10.1. The van der Waals surface area contributed by atoms with Gasteiger partial charge in [0.05, 0.1) is 6.10 Å². The van der Waals surface area contributed by atoms with Gasteiger partial charge in [-0.1, -0.05) is 0 Å². The number of carbonyl (C=O) groups is 1. The second kappa shape index (κ2) is 5.54. The number of carbonyl (C=O) groups excluding carboxylic acids is 1. The Hall–Kier alpha value is 0.490. The van der Waals surface area contributed by atoms with Gasteiger partial charge in [-0.2, -0.15) is 0 Å². The number of β-amino-alcohol motifs (C(OH)–C–C–N with tert-alkyl or cyclic N) is 1. The van der Waals surface area contributed by atoms with E-state index in [0.717, 1.165) is 0 Å². The van der Waals surface area contributed by atoms with E-state index in [1.807, 2.05) is 20.8 Å². The Labute approximate surface area is 115 Å². The fraction of sp³-hybridized carbons (Fsp3) is 0.889. The van der Waals surface area contributed by atoms with Gasteiger partial charge in [0, 0.05) is 50.8 Å². The maximum absolute atomic E-state index is 11.4. The van der Waals surface area contributed by atoms with Crippen LogP contribution in [0.4, 0.5) is 4.79 Å². The van der Waals surface area contributed by atoms with Crippen LogP contribution >= 0.6 is 0 Å². The maximum Gasteiger partial charge on any atom is 0.410 e. The minimum Gasteiger partial charge on any atom is -0.444 e. The molecular formula is C9H17ArNO3. The van der Waals surface area contributed by atoms with Crippen LogP contribution in [0.25, 0.3) is 0 Å². The summed E-state index contributed by atoms with van der Waals surface area (Å²) in [5.41, 5.74) is -0.454. The van der Waals surface area contributed by atoms with Crippen LogP contribution < -0.4 is 0 Å². The Bertz CT molecular complexity index is 203. The van der Waals surface area contributed by atoms with Crippen molar-refractivity contribution in [3.63, 3.8) is 0 Å². The number of nitrogens with zero attached hydrogens (tertiary/aromatic N) is 1. The first-order valence-corrected chi connectivity index (χ1v) is 4.54. The normalized spacial score (nSPS) is 21.7. The summed E-state index contributed by atoms with van der Waals surface area (Å²) >= 11 is 0. The predicted octanol–water partition coefficient (Wildman–Crippen LogP) is 0.988. The Balaban J connectivity index is 0.00000169. The van der Waals surface area contributed by atoms with Crippen molar-refractivity contribution in [2.45, 2.75) is 38.9 Å². The summed E-state index contributed by atoms with van der Waals surface area (Å²) < 4.78 is 5.15. The molecule has 1 rings (SSSR count). The molecule has 0 unspecified atom stereocenters. The SMILES string of the molecule is CC(C)(C)OC(=O)N1CC[C@@H](O)C1.[Ar]. The zero-order valence-electron chi connectivity index (χ0n) is 8.76. The molecule has 0 aromatic carbocycles. The second-order valence-electron chi connectivity index (χ2n) is 4.37. The molecule has 1 fully saturated rings. The van der Waals surface area contributed by atoms with Crippen LogP contribution in [0, 0.1) is 37.7 Å². The van der Waals surface area contributed by atoms with Gasteiger partial charge in [0.2, 0.25) is 0 Å².